The maximum absolute atomic E-state index is 13.8. The van der Waals surface area contributed by atoms with E-state index in [4.69, 9.17) is 4.74 Å². The quantitative estimate of drug-likeness (QED) is 0.926. The molecule has 2 heterocycles. The van der Waals surface area contributed by atoms with E-state index in [0.29, 0.717) is 5.92 Å². The third kappa shape index (κ3) is 4.30. The monoisotopic (exact) mass is 320 g/mol. The molecule has 1 aromatic rings. The molecule has 0 saturated carbocycles. The summed E-state index contributed by atoms with van der Waals surface area (Å²) in [6.07, 6.45) is 3.00. The fourth-order valence-electron chi connectivity index (χ4n) is 3.43. The number of amides is 1. The van der Waals surface area contributed by atoms with Crippen molar-refractivity contribution in [3.63, 3.8) is 0 Å². The second-order valence-electron chi connectivity index (χ2n) is 6.76. The Labute approximate surface area is 137 Å². The molecule has 0 aromatic heterocycles. The van der Waals surface area contributed by atoms with Crippen molar-refractivity contribution >= 4 is 5.91 Å². The largest absolute Gasteiger partial charge is 0.381 e. The van der Waals surface area contributed by atoms with Gasteiger partial charge in [-0.3, -0.25) is 4.79 Å². The summed E-state index contributed by atoms with van der Waals surface area (Å²) < 4.78 is 19.2. The molecule has 1 N–H and O–H groups in total. The van der Waals surface area contributed by atoms with Gasteiger partial charge in [-0.15, -0.1) is 0 Å². The van der Waals surface area contributed by atoms with Gasteiger partial charge in [0.05, 0.1) is 12.2 Å². The third-order valence-electron chi connectivity index (χ3n) is 4.83. The summed E-state index contributed by atoms with van der Waals surface area (Å²) in [6, 6.07) is 4.78. The minimum Gasteiger partial charge on any atom is -0.381 e. The van der Waals surface area contributed by atoms with Crippen molar-refractivity contribution in [1.82, 2.24) is 10.2 Å². The number of aryl methyl sites for hydroxylation is 1. The lowest BCUT2D eigenvalue weighted by Gasteiger charge is -2.33. The fraction of sp³-hybridized carbons (Fsp3) is 0.611. The molecule has 1 atom stereocenters. The molecule has 0 radical (unpaired) electrons. The Kier molecular flexibility index (Phi) is 5.28. The first-order valence-corrected chi connectivity index (χ1v) is 8.49. The zero-order chi connectivity index (χ0) is 16.2. The first-order valence-electron chi connectivity index (χ1n) is 8.49. The highest BCUT2D eigenvalue weighted by Gasteiger charge is 2.25. The zero-order valence-electron chi connectivity index (χ0n) is 13.7. The van der Waals surface area contributed by atoms with Crippen LogP contribution in [0, 0.1) is 18.7 Å². The van der Waals surface area contributed by atoms with Crippen LogP contribution in [0.15, 0.2) is 18.2 Å². The highest BCUT2D eigenvalue weighted by molar-refractivity contribution is 5.94. The number of rotatable bonds is 4. The molecule has 2 aliphatic rings. The summed E-state index contributed by atoms with van der Waals surface area (Å²) in [5.41, 5.74) is 1.04. The molecular formula is C18H25FN2O2. The average molecular weight is 320 g/mol. The van der Waals surface area contributed by atoms with Gasteiger partial charge in [-0.25, -0.2) is 4.39 Å². The van der Waals surface area contributed by atoms with Gasteiger partial charge in [-0.2, -0.15) is 0 Å². The Morgan fingerprint density at radius 1 is 1.35 bits per heavy atom. The highest BCUT2D eigenvalue weighted by atomic mass is 19.1. The lowest BCUT2D eigenvalue weighted by molar-refractivity contribution is 0.0899. The van der Waals surface area contributed by atoms with Gasteiger partial charge in [0, 0.05) is 32.3 Å². The van der Waals surface area contributed by atoms with Crippen LogP contribution in [0.4, 0.5) is 4.39 Å². The van der Waals surface area contributed by atoms with Crippen LogP contribution in [-0.4, -0.2) is 49.7 Å². The van der Waals surface area contributed by atoms with E-state index >= 15 is 0 Å². The maximum atomic E-state index is 13.8. The number of nitrogens with one attached hydrogen (secondary N) is 1. The predicted molar refractivity (Wildman–Crippen MR) is 87.0 cm³/mol. The lowest BCUT2D eigenvalue weighted by atomic mass is 10.0. The summed E-state index contributed by atoms with van der Waals surface area (Å²) in [5, 5.41) is 2.99. The van der Waals surface area contributed by atoms with E-state index < -0.39 is 5.82 Å². The smallest absolute Gasteiger partial charge is 0.254 e. The second kappa shape index (κ2) is 7.41. The van der Waals surface area contributed by atoms with Crippen LogP contribution in [0.25, 0.3) is 0 Å². The highest BCUT2D eigenvalue weighted by Crippen LogP contribution is 2.18. The van der Waals surface area contributed by atoms with Crippen molar-refractivity contribution in [3.05, 3.63) is 35.1 Å². The van der Waals surface area contributed by atoms with Gasteiger partial charge in [0.15, 0.2) is 0 Å². The number of benzene rings is 1. The zero-order valence-corrected chi connectivity index (χ0v) is 13.7. The molecule has 5 heteroatoms. The molecule has 1 amide bonds. The van der Waals surface area contributed by atoms with Crippen molar-refractivity contribution in [2.24, 2.45) is 5.92 Å². The number of ether oxygens (including phenoxy) is 1. The Balaban J connectivity index is 1.48. The molecule has 2 fully saturated rings. The number of hydrogen-bond donors (Lipinski definition) is 1. The SMILES string of the molecule is Cc1ccc(F)c(C(=O)NC2CCN(C[C@@H]3CCOC3)CC2)c1. The molecule has 0 unspecified atom stereocenters. The summed E-state index contributed by atoms with van der Waals surface area (Å²) >= 11 is 0. The topological polar surface area (TPSA) is 41.6 Å². The van der Waals surface area contributed by atoms with Crippen LogP contribution < -0.4 is 5.32 Å². The summed E-state index contributed by atoms with van der Waals surface area (Å²) in [4.78, 5) is 14.7. The number of piperidine rings is 1. The van der Waals surface area contributed by atoms with Crippen LogP contribution in [-0.2, 0) is 4.74 Å². The molecule has 126 valence electrons. The number of nitrogens with zero attached hydrogens (tertiary/aromatic N) is 1. The van der Waals surface area contributed by atoms with E-state index in [1.54, 1.807) is 12.1 Å². The van der Waals surface area contributed by atoms with Crippen LogP contribution in [0.2, 0.25) is 0 Å². The number of halogens is 1. The number of carbonyl (C=O) groups is 1. The molecule has 1 aromatic carbocycles. The summed E-state index contributed by atoms with van der Waals surface area (Å²) in [6.45, 7) is 6.69. The second-order valence-corrected chi connectivity index (χ2v) is 6.76. The Morgan fingerprint density at radius 3 is 2.83 bits per heavy atom. The minimum absolute atomic E-state index is 0.137. The van der Waals surface area contributed by atoms with E-state index in [0.717, 1.165) is 57.7 Å². The van der Waals surface area contributed by atoms with Crippen molar-refractivity contribution < 1.29 is 13.9 Å². The van der Waals surface area contributed by atoms with Gasteiger partial charge in [-0.1, -0.05) is 11.6 Å². The standard InChI is InChI=1S/C18H25FN2O2/c1-13-2-3-17(19)16(10-13)18(22)20-15-4-7-21(8-5-15)11-14-6-9-23-12-14/h2-3,10,14-15H,4-9,11-12H2,1H3,(H,20,22)/t14-/m0/s1. The molecule has 0 aliphatic carbocycles. The molecule has 0 spiro atoms. The maximum Gasteiger partial charge on any atom is 0.254 e. The average Bonchev–Trinajstić information content (AvgIpc) is 3.04. The van der Waals surface area contributed by atoms with Gasteiger partial charge in [0.2, 0.25) is 0 Å². The number of likely N-dealkylation sites (tertiary alicyclic amines) is 1. The first kappa shape index (κ1) is 16.4. The van der Waals surface area contributed by atoms with Gasteiger partial charge in [0.1, 0.15) is 5.82 Å². The third-order valence-corrected chi connectivity index (χ3v) is 4.83. The Morgan fingerprint density at radius 2 is 2.13 bits per heavy atom. The molecular weight excluding hydrogens is 295 g/mol. The van der Waals surface area contributed by atoms with Crippen LogP contribution >= 0.6 is 0 Å². The van der Waals surface area contributed by atoms with Crippen LogP contribution in [0.1, 0.15) is 35.2 Å². The van der Waals surface area contributed by atoms with E-state index in [9.17, 15) is 9.18 Å². The van der Waals surface area contributed by atoms with Gasteiger partial charge in [-0.05, 0) is 44.2 Å². The first-order chi connectivity index (χ1) is 11.1. The van der Waals surface area contributed by atoms with Crippen molar-refractivity contribution in [1.29, 1.82) is 0 Å². The molecule has 3 rings (SSSR count). The van der Waals surface area contributed by atoms with Gasteiger partial charge >= 0.3 is 0 Å². The fourth-order valence-corrected chi connectivity index (χ4v) is 3.43. The molecule has 4 nitrogen and oxygen atoms in total. The van der Waals surface area contributed by atoms with Crippen LogP contribution in [0.5, 0.6) is 0 Å². The Hall–Kier alpha value is -1.46. The number of hydrogen-bond acceptors (Lipinski definition) is 3. The molecule has 2 aliphatic heterocycles. The summed E-state index contributed by atoms with van der Waals surface area (Å²) in [7, 11) is 0. The van der Waals surface area contributed by atoms with E-state index in [1.165, 1.54) is 6.07 Å². The molecule has 23 heavy (non-hydrogen) atoms. The van der Waals surface area contributed by atoms with Gasteiger partial charge in [0.25, 0.3) is 5.91 Å². The Bertz CT molecular complexity index is 550. The molecule has 0 bridgehead atoms. The van der Waals surface area contributed by atoms with Crippen LogP contribution in [0.3, 0.4) is 0 Å². The van der Waals surface area contributed by atoms with Crippen molar-refractivity contribution in [2.75, 3.05) is 32.8 Å². The van der Waals surface area contributed by atoms with Crippen molar-refractivity contribution in [2.45, 2.75) is 32.2 Å². The van der Waals surface area contributed by atoms with E-state index in [-0.39, 0.29) is 17.5 Å². The lowest BCUT2D eigenvalue weighted by Crippen LogP contribution is -2.46. The predicted octanol–water partition coefficient (Wildman–Crippen LogP) is 2.36. The van der Waals surface area contributed by atoms with E-state index in [1.807, 2.05) is 6.92 Å². The normalized spacial score (nSPS) is 23.1. The molecule has 2 saturated heterocycles. The van der Waals surface area contributed by atoms with Gasteiger partial charge < -0.3 is 15.0 Å². The summed E-state index contributed by atoms with van der Waals surface area (Å²) in [5.74, 6) is -0.0943. The number of carbonyl (C=O) groups excluding carboxylic acids is 1. The van der Waals surface area contributed by atoms with E-state index in [2.05, 4.69) is 10.2 Å². The minimum atomic E-state index is -0.452. The van der Waals surface area contributed by atoms with Crippen molar-refractivity contribution in [3.8, 4) is 0 Å².